The lowest BCUT2D eigenvalue weighted by molar-refractivity contribution is 0.275. The van der Waals surface area contributed by atoms with Crippen LogP contribution in [-0.2, 0) is 0 Å². The van der Waals surface area contributed by atoms with E-state index in [2.05, 4.69) is 41.3 Å². The van der Waals surface area contributed by atoms with E-state index in [0.29, 0.717) is 0 Å². The van der Waals surface area contributed by atoms with Gasteiger partial charge < -0.3 is 20.4 Å². The van der Waals surface area contributed by atoms with Gasteiger partial charge in [0.25, 0.3) is 0 Å². The second-order valence-electron chi connectivity index (χ2n) is 6.25. The second-order valence-corrected chi connectivity index (χ2v) is 6.25. The fourth-order valence-corrected chi connectivity index (χ4v) is 2.73. The first-order chi connectivity index (χ1) is 10.8. The molecule has 0 aromatic rings. The number of rotatable bonds is 9. The largest absolute Gasteiger partial charge is 0.357 e. The molecule has 0 unspecified atom stereocenters. The first-order valence-electron chi connectivity index (χ1n) is 9.19. The third-order valence-corrected chi connectivity index (χ3v) is 4.13. The van der Waals surface area contributed by atoms with Crippen molar-refractivity contribution >= 4 is 5.96 Å². The Hall–Kier alpha value is -0.810. The molecule has 0 aromatic carbocycles. The van der Waals surface area contributed by atoms with Crippen LogP contribution in [-0.4, -0.2) is 75.2 Å². The van der Waals surface area contributed by atoms with Gasteiger partial charge in [-0.2, -0.15) is 0 Å². The third-order valence-electron chi connectivity index (χ3n) is 4.13. The summed E-state index contributed by atoms with van der Waals surface area (Å²) >= 11 is 0. The van der Waals surface area contributed by atoms with Gasteiger partial charge >= 0.3 is 0 Å². The van der Waals surface area contributed by atoms with Crippen molar-refractivity contribution in [1.29, 1.82) is 0 Å². The van der Waals surface area contributed by atoms with Crippen molar-refractivity contribution in [3.05, 3.63) is 0 Å². The zero-order chi connectivity index (χ0) is 16.0. The van der Waals surface area contributed by atoms with E-state index in [9.17, 15) is 0 Å². The normalized spacial score (nSPS) is 18.2. The summed E-state index contributed by atoms with van der Waals surface area (Å²) in [4.78, 5) is 9.71. The number of nitrogens with zero attached hydrogens (tertiary/aromatic N) is 3. The number of nitrogens with one attached hydrogen (secondary N) is 2. The molecule has 0 amide bonds. The molecule has 22 heavy (non-hydrogen) atoms. The maximum atomic E-state index is 4.69. The number of unbranched alkanes of at least 4 members (excludes halogenated alkanes) is 2. The maximum Gasteiger partial charge on any atom is 0.191 e. The highest BCUT2D eigenvalue weighted by Crippen LogP contribution is 2.01. The van der Waals surface area contributed by atoms with Gasteiger partial charge in [-0.25, -0.2) is 0 Å². The Bertz CT molecular complexity index is 293. The lowest BCUT2D eigenvalue weighted by Gasteiger charge is -2.19. The fraction of sp³-hybridized carbons (Fsp3) is 0.941. The molecule has 0 spiro atoms. The molecule has 1 heterocycles. The van der Waals surface area contributed by atoms with Gasteiger partial charge in [-0.05, 0) is 52.9 Å². The van der Waals surface area contributed by atoms with Crippen molar-refractivity contribution < 1.29 is 0 Å². The molecule has 0 bridgehead atoms. The summed E-state index contributed by atoms with van der Waals surface area (Å²) in [5.74, 6) is 0.981. The molecule has 0 radical (unpaired) electrons. The molecule has 130 valence electrons. The first-order valence-corrected chi connectivity index (χ1v) is 9.19. The van der Waals surface area contributed by atoms with Crippen molar-refractivity contribution in [3.8, 4) is 0 Å². The molecule has 5 heteroatoms. The zero-order valence-electron chi connectivity index (χ0n) is 15.0. The number of aliphatic imine (C=N–C) groups is 1. The highest BCUT2D eigenvalue weighted by Gasteiger charge is 2.10. The molecule has 2 N–H and O–H groups in total. The van der Waals surface area contributed by atoms with E-state index in [1.807, 2.05) is 0 Å². The van der Waals surface area contributed by atoms with Crippen LogP contribution >= 0.6 is 0 Å². The monoisotopic (exact) mass is 311 g/mol. The lowest BCUT2D eigenvalue weighted by Crippen LogP contribution is -2.38. The van der Waals surface area contributed by atoms with Crippen LogP contribution in [0.2, 0.25) is 0 Å². The van der Waals surface area contributed by atoms with E-state index in [1.165, 1.54) is 58.4 Å². The van der Waals surface area contributed by atoms with Gasteiger partial charge in [0.05, 0.1) is 0 Å². The Morgan fingerprint density at radius 1 is 1.00 bits per heavy atom. The zero-order valence-corrected chi connectivity index (χ0v) is 15.0. The van der Waals surface area contributed by atoms with Gasteiger partial charge in [0.1, 0.15) is 0 Å². The molecule has 1 saturated heterocycles. The average molecular weight is 312 g/mol. The molecule has 0 aromatic heterocycles. The van der Waals surface area contributed by atoms with E-state index in [0.717, 1.165) is 32.0 Å². The molecule has 1 fully saturated rings. The number of hydrogen-bond acceptors (Lipinski definition) is 3. The van der Waals surface area contributed by atoms with Crippen molar-refractivity contribution in [1.82, 2.24) is 20.4 Å². The number of hydrogen-bond donors (Lipinski definition) is 2. The SMILES string of the molecule is CCCCCNC(=NCCCN1CCCN(C)CC1)NCC. The van der Waals surface area contributed by atoms with E-state index < -0.39 is 0 Å². The topological polar surface area (TPSA) is 42.9 Å². The second kappa shape index (κ2) is 12.7. The van der Waals surface area contributed by atoms with Gasteiger partial charge in [-0.1, -0.05) is 19.8 Å². The maximum absolute atomic E-state index is 4.69. The molecule has 0 saturated carbocycles. The Labute approximate surface area is 137 Å². The summed E-state index contributed by atoms with van der Waals surface area (Å²) < 4.78 is 0. The van der Waals surface area contributed by atoms with Crippen molar-refractivity contribution in [3.63, 3.8) is 0 Å². The van der Waals surface area contributed by atoms with E-state index in [1.54, 1.807) is 0 Å². The summed E-state index contributed by atoms with van der Waals surface area (Å²) in [6.07, 6.45) is 6.22. The molecule has 5 nitrogen and oxygen atoms in total. The van der Waals surface area contributed by atoms with Crippen LogP contribution < -0.4 is 10.6 Å². The first kappa shape index (κ1) is 19.2. The van der Waals surface area contributed by atoms with Crippen LogP contribution in [0.5, 0.6) is 0 Å². The van der Waals surface area contributed by atoms with E-state index in [4.69, 9.17) is 4.99 Å². The Morgan fingerprint density at radius 3 is 2.64 bits per heavy atom. The van der Waals surface area contributed by atoms with E-state index >= 15 is 0 Å². The summed E-state index contributed by atoms with van der Waals surface area (Å²) in [6.45, 7) is 13.3. The molecule has 1 rings (SSSR count). The van der Waals surface area contributed by atoms with Gasteiger partial charge in [0, 0.05) is 32.7 Å². The Kier molecular flexibility index (Phi) is 11.1. The highest BCUT2D eigenvalue weighted by atomic mass is 15.2. The average Bonchev–Trinajstić information content (AvgIpc) is 2.72. The van der Waals surface area contributed by atoms with E-state index in [-0.39, 0.29) is 0 Å². The van der Waals surface area contributed by atoms with Gasteiger partial charge in [-0.3, -0.25) is 4.99 Å². The number of likely N-dealkylation sites (N-methyl/N-ethyl adjacent to an activating group) is 1. The van der Waals surface area contributed by atoms with Crippen molar-refractivity contribution in [2.45, 2.75) is 46.0 Å². The smallest absolute Gasteiger partial charge is 0.191 e. The van der Waals surface area contributed by atoms with Crippen LogP contribution in [0.15, 0.2) is 4.99 Å². The predicted octanol–water partition coefficient (Wildman–Crippen LogP) is 1.76. The minimum absolute atomic E-state index is 0.912. The van der Waals surface area contributed by atoms with Crippen molar-refractivity contribution in [2.75, 3.05) is 59.4 Å². The summed E-state index contributed by atoms with van der Waals surface area (Å²) in [6, 6.07) is 0. The summed E-state index contributed by atoms with van der Waals surface area (Å²) in [5.41, 5.74) is 0. The summed E-state index contributed by atoms with van der Waals surface area (Å²) in [7, 11) is 2.22. The van der Waals surface area contributed by atoms with Gasteiger partial charge in [0.15, 0.2) is 5.96 Å². The highest BCUT2D eigenvalue weighted by molar-refractivity contribution is 5.79. The number of guanidine groups is 1. The Morgan fingerprint density at radius 2 is 1.86 bits per heavy atom. The third kappa shape index (κ3) is 9.26. The minimum Gasteiger partial charge on any atom is -0.357 e. The molecule has 0 atom stereocenters. The van der Waals surface area contributed by atoms with Crippen LogP contribution in [0, 0.1) is 0 Å². The lowest BCUT2D eigenvalue weighted by atomic mass is 10.2. The quantitative estimate of drug-likeness (QED) is 0.387. The molecule has 0 aliphatic carbocycles. The Balaban J connectivity index is 2.19. The summed E-state index contributed by atoms with van der Waals surface area (Å²) in [5, 5.41) is 6.76. The molecular formula is C17H37N5. The van der Waals surface area contributed by atoms with Crippen LogP contribution in [0.4, 0.5) is 0 Å². The fourth-order valence-electron chi connectivity index (χ4n) is 2.73. The molecule has 1 aliphatic rings. The van der Waals surface area contributed by atoms with Crippen molar-refractivity contribution in [2.24, 2.45) is 4.99 Å². The van der Waals surface area contributed by atoms with Crippen LogP contribution in [0.25, 0.3) is 0 Å². The van der Waals surface area contributed by atoms with Crippen LogP contribution in [0.1, 0.15) is 46.0 Å². The standard InChI is InChI=1S/C17H37N5/c1-4-6-7-10-19-17(18-5-2)20-11-8-13-22-14-9-12-21(3)15-16-22/h4-16H2,1-3H3,(H2,18,19,20). The van der Waals surface area contributed by atoms with Gasteiger partial charge in [0.2, 0.25) is 0 Å². The molecule has 1 aliphatic heterocycles. The van der Waals surface area contributed by atoms with Gasteiger partial charge in [-0.15, -0.1) is 0 Å². The predicted molar refractivity (Wildman–Crippen MR) is 96.7 cm³/mol. The van der Waals surface area contributed by atoms with Crippen LogP contribution in [0.3, 0.4) is 0 Å². The molecular weight excluding hydrogens is 274 g/mol. The minimum atomic E-state index is 0.912.